The van der Waals surface area contributed by atoms with E-state index in [0.717, 1.165) is 5.69 Å². The first-order valence-corrected chi connectivity index (χ1v) is 3.19. The Hall–Kier alpha value is -1.56. The van der Waals surface area contributed by atoms with Crippen molar-refractivity contribution in [3.8, 4) is 11.8 Å². The number of aromatic nitrogens is 1. The van der Waals surface area contributed by atoms with Crippen molar-refractivity contribution in [1.82, 2.24) is 4.98 Å². The molecule has 1 heterocycles. The van der Waals surface area contributed by atoms with E-state index in [0.29, 0.717) is 11.4 Å². The first-order chi connectivity index (χ1) is 5.26. The van der Waals surface area contributed by atoms with Crippen LogP contribution in [-0.2, 0) is 0 Å². The van der Waals surface area contributed by atoms with Gasteiger partial charge in [0, 0.05) is 17.8 Å². The predicted molar refractivity (Wildman–Crippen MR) is 40.2 cm³/mol. The van der Waals surface area contributed by atoms with Crippen molar-refractivity contribution in [2.24, 2.45) is 0 Å². The predicted octanol–water partition coefficient (Wildman–Crippen LogP) is 1.27. The molecule has 3 heteroatoms. The SMILES string of the molecule is COc1cc(C)nc(C#N)c1. The molecule has 0 amide bonds. The van der Waals surface area contributed by atoms with Gasteiger partial charge in [-0.3, -0.25) is 0 Å². The van der Waals surface area contributed by atoms with Gasteiger partial charge < -0.3 is 4.74 Å². The third kappa shape index (κ3) is 1.68. The highest BCUT2D eigenvalue weighted by atomic mass is 16.5. The lowest BCUT2D eigenvalue weighted by atomic mass is 10.3. The summed E-state index contributed by atoms with van der Waals surface area (Å²) in [4.78, 5) is 3.96. The maximum absolute atomic E-state index is 8.51. The van der Waals surface area contributed by atoms with Crippen LogP contribution in [0.15, 0.2) is 12.1 Å². The van der Waals surface area contributed by atoms with Gasteiger partial charge in [-0.25, -0.2) is 4.98 Å². The zero-order chi connectivity index (χ0) is 8.27. The van der Waals surface area contributed by atoms with E-state index < -0.39 is 0 Å². The first-order valence-electron chi connectivity index (χ1n) is 3.19. The molecular formula is C8H8N2O. The zero-order valence-electron chi connectivity index (χ0n) is 6.46. The number of nitrogens with zero attached hydrogens (tertiary/aromatic N) is 2. The van der Waals surface area contributed by atoms with E-state index in [4.69, 9.17) is 10.00 Å². The van der Waals surface area contributed by atoms with Gasteiger partial charge in [0.05, 0.1) is 7.11 Å². The number of hydrogen-bond acceptors (Lipinski definition) is 3. The van der Waals surface area contributed by atoms with Crippen LogP contribution >= 0.6 is 0 Å². The molecule has 0 saturated carbocycles. The Morgan fingerprint density at radius 3 is 2.82 bits per heavy atom. The average molecular weight is 148 g/mol. The van der Waals surface area contributed by atoms with Gasteiger partial charge in [-0.2, -0.15) is 5.26 Å². The van der Waals surface area contributed by atoms with E-state index in [1.807, 2.05) is 13.0 Å². The molecule has 56 valence electrons. The molecule has 1 aromatic heterocycles. The number of hydrogen-bond donors (Lipinski definition) is 0. The topological polar surface area (TPSA) is 45.9 Å². The van der Waals surface area contributed by atoms with Gasteiger partial charge in [0.1, 0.15) is 17.5 Å². The normalized spacial score (nSPS) is 8.82. The number of ether oxygens (including phenoxy) is 1. The Kier molecular flexibility index (Phi) is 2.07. The largest absolute Gasteiger partial charge is 0.497 e. The summed E-state index contributed by atoms with van der Waals surface area (Å²) in [5.74, 6) is 0.675. The Morgan fingerprint density at radius 1 is 1.55 bits per heavy atom. The minimum absolute atomic E-state index is 0.391. The number of rotatable bonds is 1. The van der Waals surface area contributed by atoms with Crippen molar-refractivity contribution in [2.45, 2.75) is 6.92 Å². The average Bonchev–Trinajstić information content (AvgIpc) is 2.03. The fourth-order valence-electron chi connectivity index (χ4n) is 0.812. The van der Waals surface area contributed by atoms with Crippen molar-refractivity contribution >= 4 is 0 Å². The molecule has 0 saturated heterocycles. The van der Waals surface area contributed by atoms with Gasteiger partial charge in [-0.15, -0.1) is 0 Å². The lowest BCUT2D eigenvalue weighted by Gasteiger charge is -1.99. The summed E-state index contributed by atoms with van der Waals surface area (Å²) in [7, 11) is 1.57. The highest BCUT2D eigenvalue weighted by Crippen LogP contribution is 2.11. The van der Waals surface area contributed by atoms with Gasteiger partial charge in [-0.05, 0) is 6.92 Å². The second kappa shape index (κ2) is 3.02. The van der Waals surface area contributed by atoms with E-state index in [9.17, 15) is 0 Å². The Morgan fingerprint density at radius 2 is 2.27 bits per heavy atom. The van der Waals surface area contributed by atoms with Crippen LogP contribution in [0.2, 0.25) is 0 Å². The third-order valence-electron chi connectivity index (χ3n) is 1.28. The summed E-state index contributed by atoms with van der Waals surface area (Å²) in [5.41, 5.74) is 1.18. The monoisotopic (exact) mass is 148 g/mol. The number of methoxy groups -OCH3 is 1. The van der Waals surface area contributed by atoms with Crippen molar-refractivity contribution in [2.75, 3.05) is 7.11 Å². The van der Waals surface area contributed by atoms with Crippen LogP contribution in [0.4, 0.5) is 0 Å². The molecule has 0 spiro atoms. The van der Waals surface area contributed by atoms with Crippen molar-refractivity contribution in [3.05, 3.63) is 23.5 Å². The molecule has 1 aromatic rings. The van der Waals surface area contributed by atoms with Crippen molar-refractivity contribution in [1.29, 1.82) is 5.26 Å². The lowest BCUT2D eigenvalue weighted by molar-refractivity contribution is 0.413. The van der Waals surface area contributed by atoms with Crippen LogP contribution in [0.5, 0.6) is 5.75 Å². The molecular weight excluding hydrogens is 140 g/mol. The Bertz CT molecular complexity index is 301. The van der Waals surface area contributed by atoms with Crippen molar-refractivity contribution in [3.63, 3.8) is 0 Å². The minimum atomic E-state index is 0.391. The highest BCUT2D eigenvalue weighted by molar-refractivity contribution is 5.32. The second-order valence-corrected chi connectivity index (χ2v) is 2.15. The molecule has 0 aliphatic heterocycles. The van der Waals surface area contributed by atoms with Crippen LogP contribution in [0.3, 0.4) is 0 Å². The van der Waals surface area contributed by atoms with E-state index in [1.165, 1.54) is 0 Å². The number of aryl methyl sites for hydroxylation is 1. The van der Waals surface area contributed by atoms with E-state index in [1.54, 1.807) is 19.2 Å². The second-order valence-electron chi connectivity index (χ2n) is 2.15. The van der Waals surface area contributed by atoms with Gasteiger partial charge in [-0.1, -0.05) is 0 Å². The van der Waals surface area contributed by atoms with Crippen LogP contribution in [0, 0.1) is 18.3 Å². The molecule has 1 rings (SSSR count). The van der Waals surface area contributed by atoms with E-state index >= 15 is 0 Å². The number of pyridine rings is 1. The molecule has 0 unspecified atom stereocenters. The van der Waals surface area contributed by atoms with Crippen LogP contribution < -0.4 is 4.74 Å². The van der Waals surface area contributed by atoms with Crippen LogP contribution in [0.25, 0.3) is 0 Å². The molecule has 0 atom stereocenters. The van der Waals surface area contributed by atoms with E-state index in [2.05, 4.69) is 4.98 Å². The summed E-state index contributed by atoms with van der Waals surface area (Å²) in [6, 6.07) is 5.33. The van der Waals surface area contributed by atoms with Gasteiger partial charge in [0.25, 0.3) is 0 Å². The summed E-state index contributed by atoms with van der Waals surface area (Å²) < 4.78 is 4.95. The summed E-state index contributed by atoms with van der Waals surface area (Å²) >= 11 is 0. The third-order valence-corrected chi connectivity index (χ3v) is 1.28. The van der Waals surface area contributed by atoms with Gasteiger partial charge in [0.2, 0.25) is 0 Å². The Balaban J connectivity index is 3.15. The fourth-order valence-corrected chi connectivity index (χ4v) is 0.812. The summed E-state index contributed by atoms with van der Waals surface area (Å²) in [5, 5.41) is 8.51. The lowest BCUT2D eigenvalue weighted by Crippen LogP contribution is -1.90. The number of nitriles is 1. The molecule has 11 heavy (non-hydrogen) atoms. The van der Waals surface area contributed by atoms with Crippen LogP contribution in [0.1, 0.15) is 11.4 Å². The maximum atomic E-state index is 8.51. The highest BCUT2D eigenvalue weighted by Gasteiger charge is 1.97. The first kappa shape index (κ1) is 7.55. The molecule has 0 aromatic carbocycles. The summed E-state index contributed by atoms with van der Waals surface area (Å²) in [6.07, 6.45) is 0. The van der Waals surface area contributed by atoms with E-state index in [-0.39, 0.29) is 0 Å². The smallest absolute Gasteiger partial charge is 0.144 e. The fraction of sp³-hybridized carbons (Fsp3) is 0.250. The molecule has 0 bridgehead atoms. The quantitative estimate of drug-likeness (QED) is 0.602. The summed E-state index contributed by atoms with van der Waals surface area (Å²) in [6.45, 7) is 1.82. The molecule has 0 aliphatic carbocycles. The maximum Gasteiger partial charge on any atom is 0.144 e. The Labute approximate surface area is 65.3 Å². The molecule has 0 fully saturated rings. The van der Waals surface area contributed by atoms with Gasteiger partial charge in [0.15, 0.2) is 0 Å². The molecule has 3 nitrogen and oxygen atoms in total. The van der Waals surface area contributed by atoms with Crippen molar-refractivity contribution < 1.29 is 4.74 Å². The molecule has 0 N–H and O–H groups in total. The zero-order valence-corrected chi connectivity index (χ0v) is 6.46. The standard InChI is InChI=1S/C8H8N2O/c1-6-3-8(11-2)4-7(5-9)10-6/h3-4H,1-2H3. The minimum Gasteiger partial charge on any atom is -0.497 e. The molecule has 0 aliphatic rings. The molecule has 0 radical (unpaired) electrons. The van der Waals surface area contributed by atoms with Crippen LogP contribution in [-0.4, -0.2) is 12.1 Å². The van der Waals surface area contributed by atoms with Gasteiger partial charge >= 0.3 is 0 Å².